The molecular weight excluding hydrogens is 136 g/mol. The van der Waals surface area contributed by atoms with Crippen molar-refractivity contribution >= 4 is 0 Å². The Labute approximate surface area is 69.8 Å². The van der Waals surface area contributed by atoms with E-state index in [9.17, 15) is 0 Å². The Balaban J connectivity index is 0. The minimum Gasteiger partial charge on any atom is -0.392 e. The third-order valence-electron chi connectivity index (χ3n) is 0.853. The predicted molar refractivity (Wildman–Crippen MR) is 50.5 cm³/mol. The monoisotopic (exact) mass is 154 g/mol. The van der Waals surface area contributed by atoms with Gasteiger partial charge in [-0.05, 0) is 33.3 Å². The summed E-state index contributed by atoms with van der Waals surface area (Å²) < 4.78 is 0. The number of rotatable bonds is 1. The van der Waals surface area contributed by atoms with Crippen LogP contribution in [-0.4, -0.2) is 11.7 Å². The van der Waals surface area contributed by atoms with Gasteiger partial charge in [0, 0.05) is 0 Å². The molecule has 0 aliphatic heterocycles. The van der Waals surface area contributed by atoms with E-state index >= 15 is 0 Å². The Morgan fingerprint density at radius 1 is 1.36 bits per heavy atom. The van der Waals surface area contributed by atoms with Gasteiger partial charge in [0.05, 0.1) is 6.61 Å². The van der Waals surface area contributed by atoms with E-state index in [0.717, 1.165) is 11.1 Å². The highest BCUT2D eigenvalue weighted by Gasteiger charge is 1.68. The van der Waals surface area contributed by atoms with Gasteiger partial charge >= 0.3 is 0 Å². The summed E-state index contributed by atoms with van der Waals surface area (Å²) in [6.45, 7) is 11.4. The first-order valence-corrected chi connectivity index (χ1v) is 3.62. The third kappa shape index (κ3) is 27.0. The van der Waals surface area contributed by atoms with Crippen molar-refractivity contribution in [3.63, 3.8) is 0 Å². The van der Waals surface area contributed by atoms with Crippen LogP contribution in [0.4, 0.5) is 0 Å². The molecule has 0 saturated heterocycles. The lowest BCUT2D eigenvalue weighted by Gasteiger charge is -1.80. The molecule has 11 heavy (non-hydrogen) atoms. The van der Waals surface area contributed by atoms with Gasteiger partial charge in [0.15, 0.2) is 0 Å². The van der Waals surface area contributed by atoms with E-state index < -0.39 is 0 Å². The number of hydrogen-bond donors (Lipinski definition) is 1. The first-order chi connectivity index (χ1) is 5.04. The van der Waals surface area contributed by atoms with Crippen LogP contribution in [0.5, 0.6) is 0 Å². The molecule has 0 saturated carbocycles. The maximum atomic E-state index is 8.16. The summed E-state index contributed by atoms with van der Waals surface area (Å²) in [6, 6.07) is 0. The molecule has 1 N–H and O–H groups in total. The van der Waals surface area contributed by atoms with Crippen LogP contribution in [0.25, 0.3) is 0 Å². The van der Waals surface area contributed by atoms with Gasteiger partial charge in [0.2, 0.25) is 0 Å². The lowest BCUT2D eigenvalue weighted by Crippen LogP contribution is -1.71. The second-order valence-electron chi connectivity index (χ2n) is 2.64. The molecule has 0 aliphatic rings. The van der Waals surface area contributed by atoms with Crippen molar-refractivity contribution in [2.45, 2.75) is 27.7 Å². The van der Waals surface area contributed by atoms with Crippen LogP contribution < -0.4 is 0 Å². The van der Waals surface area contributed by atoms with E-state index in [-0.39, 0.29) is 6.61 Å². The Morgan fingerprint density at radius 2 is 1.73 bits per heavy atom. The summed E-state index contributed by atoms with van der Waals surface area (Å²) in [4.78, 5) is 0. The highest BCUT2D eigenvalue weighted by molar-refractivity contribution is 4.91. The van der Waals surface area contributed by atoms with Gasteiger partial charge in [-0.3, -0.25) is 0 Å². The van der Waals surface area contributed by atoms with Crippen LogP contribution in [0.2, 0.25) is 0 Å². The standard InChI is InChI=1S/C5H10O.C5H8/c1-5(2)3-4-6;1-4-5(2)3/h3,6H,4H2,1-2H3;1H2,2-3H3. The maximum Gasteiger partial charge on any atom is 0.0614 e. The first kappa shape index (κ1) is 12.9. The van der Waals surface area contributed by atoms with E-state index in [1.165, 1.54) is 0 Å². The predicted octanol–water partition coefficient (Wildman–Crippen LogP) is 2.68. The first-order valence-electron chi connectivity index (χ1n) is 3.62. The topological polar surface area (TPSA) is 20.2 Å². The molecular formula is C10H18O. The zero-order chi connectivity index (χ0) is 9.28. The maximum absolute atomic E-state index is 8.16. The molecule has 0 unspecified atom stereocenters. The van der Waals surface area contributed by atoms with Crippen molar-refractivity contribution in [2.24, 2.45) is 0 Å². The van der Waals surface area contributed by atoms with Crippen molar-refractivity contribution in [1.29, 1.82) is 0 Å². The number of aliphatic hydroxyl groups excluding tert-OH is 1. The van der Waals surface area contributed by atoms with E-state index in [4.69, 9.17) is 5.11 Å². The molecule has 0 atom stereocenters. The molecule has 1 nitrogen and oxygen atoms in total. The second kappa shape index (κ2) is 9.22. The summed E-state index contributed by atoms with van der Waals surface area (Å²) in [5.41, 5.74) is 5.00. The zero-order valence-corrected chi connectivity index (χ0v) is 7.94. The average Bonchev–Trinajstić information content (AvgIpc) is 1.89. The fourth-order valence-corrected chi connectivity index (χ4v) is 0.183. The number of aliphatic hydroxyl groups is 1. The Kier molecular flexibility index (Phi) is 10.8. The van der Waals surface area contributed by atoms with Crippen LogP contribution >= 0.6 is 0 Å². The normalized spacial score (nSPS) is 7.00. The van der Waals surface area contributed by atoms with Gasteiger partial charge in [-0.2, -0.15) is 0 Å². The zero-order valence-electron chi connectivity index (χ0n) is 7.94. The molecule has 0 aliphatic carbocycles. The van der Waals surface area contributed by atoms with Crippen molar-refractivity contribution in [1.82, 2.24) is 0 Å². The van der Waals surface area contributed by atoms with Gasteiger partial charge in [-0.15, -0.1) is 5.73 Å². The molecule has 0 rings (SSSR count). The highest BCUT2D eigenvalue weighted by Crippen LogP contribution is 1.83. The van der Waals surface area contributed by atoms with Crippen LogP contribution in [-0.2, 0) is 0 Å². The Morgan fingerprint density at radius 3 is 1.73 bits per heavy atom. The van der Waals surface area contributed by atoms with E-state index in [2.05, 4.69) is 12.3 Å². The summed E-state index contributed by atoms with van der Waals surface area (Å²) in [5, 5.41) is 8.16. The van der Waals surface area contributed by atoms with Gasteiger partial charge in [-0.1, -0.05) is 18.2 Å². The molecule has 0 aromatic heterocycles. The molecule has 0 aromatic rings. The molecule has 0 spiro atoms. The highest BCUT2D eigenvalue weighted by atomic mass is 16.2. The lowest BCUT2D eigenvalue weighted by atomic mass is 10.3. The molecule has 0 heterocycles. The van der Waals surface area contributed by atoms with E-state index in [1.54, 1.807) is 6.08 Å². The fourth-order valence-electron chi connectivity index (χ4n) is 0.183. The minimum absolute atomic E-state index is 0.169. The molecule has 1 heteroatoms. The lowest BCUT2D eigenvalue weighted by molar-refractivity contribution is 0.342. The van der Waals surface area contributed by atoms with Gasteiger partial charge in [0.1, 0.15) is 0 Å². The van der Waals surface area contributed by atoms with Gasteiger partial charge in [-0.25, -0.2) is 0 Å². The molecule has 64 valence electrons. The van der Waals surface area contributed by atoms with Crippen molar-refractivity contribution in [3.8, 4) is 0 Å². The van der Waals surface area contributed by atoms with Crippen LogP contribution in [0.15, 0.2) is 29.5 Å². The van der Waals surface area contributed by atoms with E-state index in [1.807, 2.05) is 27.7 Å². The van der Waals surface area contributed by atoms with Crippen LogP contribution in [0, 0.1) is 0 Å². The molecule has 0 amide bonds. The van der Waals surface area contributed by atoms with Crippen molar-refractivity contribution in [3.05, 3.63) is 29.5 Å². The third-order valence-corrected chi connectivity index (χ3v) is 0.853. The summed E-state index contributed by atoms with van der Waals surface area (Å²) in [6.07, 6.45) is 1.76. The summed E-state index contributed by atoms with van der Waals surface area (Å²) >= 11 is 0. The van der Waals surface area contributed by atoms with Crippen molar-refractivity contribution < 1.29 is 5.11 Å². The summed E-state index contributed by atoms with van der Waals surface area (Å²) in [7, 11) is 0. The van der Waals surface area contributed by atoms with Gasteiger partial charge in [0.25, 0.3) is 0 Å². The molecule has 0 fully saturated rings. The minimum atomic E-state index is 0.169. The van der Waals surface area contributed by atoms with Crippen molar-refractivity contribution in [2.75, 3.05) is 6.61 Å². The second-order valence-corrected chi connectivity index (χ2v) is 2.64. The van der Waals surface area contributed by atoms with E-state index in [0.29, 0.717) is 0 Å². The van der Waals surface area contributed by atoms with Crippen LogP contribution in [0.3, 0.4) is 0 Å². The van der Waals surface area contributed by atoms with Gasteiger partial charge < -0.3 is 5.11 Å². The Bertz CT molecular complexity index is 152. The SMILES string of the molecule is C=C=C(C)C.CC(C)=CCO. The average molecular weight is 154 g/mol. The summed E-state index contributed by atoms with van der Waals surface area (Å²) in [5.74, 6) is 0. The molecule has 0 bridgehead atoms. The fraction of sp³-hybridized carbons (Fsp3) is 0.500. The quantitative estimate of drug-likeness (QED) is 0.455. The molecule has 0 aromatic carbocycles. The number of allylic oxidation sites excluding steroid dienone is 2. The Hall–Kier alpha value is -0.780. The smallest absolute Gasteiger partial charge is 0.0614 e. The largest absolute Gasteiger partial charge is 0.392 e. The number of hydrogen-bond acceptors (Lipinski definition) is 1. The van der Waals surface area contributed by atoms with Crippen LogP contribution in [0.1, 0.15) is 27.7 Å². The molecule has 0 radical (unpaired) electrons.